The molecule has 2 aliphatic carbocycles. The largest absolute Gasteiger partial charge is 0.481 e. The van der Waals surface area contributed by atoms with Gasteiger partial charge in [0.1, 0.15) is 0 Å². The van der Waals surface area contributed by atoms with Crippen molar-refractivity contribution in [3.05, 3.63) is 0 Å². The molecule has 1 amide bonds. The molecule has 2 atom stereocenters. The lowest BCUT2D eigenvalue weighted by molar-refractivity contribution is -0.141. The second-order valence-electron chi connectivity index (χ2n) is 6.59. The molecule has 2 N–H and O–H groups in total. The summed E-state index contributed by atoms with van der Waals surface area (Å²) in [6, 6.07) is 0. The maximum Gasteiger partial charge on any atom is 0.303 e. The molecule has 0 aliphatic heterocycles. The summed E-state index contributed by atoms with van der Waals surface area (Å²) < 4.78 is 0. The summed E-state index contributed by atoms with van der Waals surface area (Å²) >= 11 is 0. The van der Waals surface area contributed by atoms with Crippen LogP contribution in [-0.4, -0.2) is 23.5 Å². The minimum atomic E-state index is -0.773. The molecular formula is C15H25NO3. The first kappa shape index (κ1) is 14.4. The Morgan fingerprint density at radius 3 is 2.37 bits per heavy atom. The monoisotopic (exact) mass is 267 g/mol. The fourth-order valence-corrected chi connectivity index (χ4v) is 3.37. The molecule has 0 spiro atoms. The zero-order chi connectivity index (χ0) is 13.9. The van der Waals surface area contributed by atoms with Gasteiger partial charge in [-0.05, 0) is 36.5 Å². The van der Waals surface area contributed by atoms with Gasteiger partial charge in [-0.2, -0.15) is 0 Å². The van der Waals surface area contributed by atoms with Gasteiger partial charge in [0.25, 0.3) is 0 Å². The lowest BCUT2D eigenvalue weighted by atomic mass is 9.69. The van der Waals surface area contributed by atoms with Crippen molar-refractivity contribution >= 4 is 11.9 Å². The number of amides is 1. The van der Waals surface area contributed by atoms with Crippen LogP contribution < -0.4 is 5.32 Å². The van der Waals surface area contributed by atoms with Gasteiger partial charge in [0.15, 0.2) is 0 Å². The predicted molar refractivity (Wildman–Crippen MR) is 72.7 cm³/mol. The third-order valence-corrected chi connectivity index (χ3v) is 4.81. The minimum Gasteiger partial charge on any atom is -0.481 e. The number of carbonyl (C=O) groups excluding carboxylic acids is 1. The lowest BCUT2D eigenvalue weighted by Gasteiger charge is -2.35. The van der Waals surface area contributed by atoms with Crippen LogP contribution >= 0.6 is 0 Å². The fourth-order valence-electron chi connectivity index (χ4n) is 3.37. The van der Waals surface area contributed by atoms with Crippen LogP contribution in [0.2, 0.25) is 0 Å². The van der Waals surface area contributed by atoms with Crippen LogP contribution in [0, 0.1) is 17.3 Å². The Morgan fingerprint density at radius 1 is 1.21 bits per heavy atom. The van der Waals surface area contributed by atoms with Gasteiger partial charge in [-0.25, -0.2) is 0 Å². The highest BCUT2D eigenvalue weighted by Gasteiger charge is 2.37. The van der Waals surface area contributed by atoms with Gasteiger partial charge in [-0.3, -0.25) is 9.59 Å². The number of nitrogens with one attached hydrogen (secondary N) is 1. The Kier molecular flexibility index (Phi) is 4.48. The highest BCUT2D eigenvalue weighted by atomic mass is 16.4. The Labute approximate surface area is 115 Å². The maximum absolute atomic E-state index is 12.0. The second-order valence-corrected chi connectivity index (χ2v) is 6.59. The van der Waals surface area contributed by atoms with E-state index in [0.717, 1.165) is 38.1 Å². The lowest BCUT2D eigenvalue weighted by Crippen LogP contribution is -2.36. The van der Waals surface area contributed by atoms with Gasteiger partial charge in [-0.1, -0.05) is 26.2 Å². The van der Waals surface area contributed by atoms with Crippen LogP contribution in [0.1, 0.15) is 58.3 Å². The summed E-state index contributed by atoms with van der Waals surface area (Å²) in [4.78, 5) is 23.1. The Hall–Kier alpha value is -1.06. The van der Waals surface area contributed by atoms with E-state index in [-0.39, 0.29) is 17.7 Å². The summed E-state index contributed by atoms with van der Waals surface area (Å²) in [5.41, 5.74) is -0.288. The van der Waals surface area contributed by atoms with Crippen LogP contribution in [0.25, 0.3) is 0 Å². The topological polar surface area (TPSA) is 66.4 Å². The van der Waals surface area contributed by atoms with Crippen molar-refractivity contribution in [2.24, 2.45) is 17.3 Å². The molecule has 0 aromatic heterocycles. The average Bonchev–Trinajstić information content (AvgIpc) is 3.03. The highest BCUT2D eigenvalue weighted by molar-refractivity contribution is 5.78. The van der Waals surface area contributed by atoms with Crippen LogP contribution in [0.4, 0.5) is 0 Å². The zero-order valence-electron chi connectivity index (χ0n) is 11.8. The molecule has 4 heteroatoms. The number of hydrogen-bond donors (Lipinski definition) is 2. The van der Waals surface area contributed by atoms with Gasteiger partial charge >= 0.3 is 5.97 Å². The smallest absolute Gasteiger partial charge is 0.303 e. The zero-order valence-corrected chi connectivity index (χ0v) is 11.8. The molecule has 2 unspecified atom stereocenters. The quantitative estimate of drug-likeness (QED) is 0.777. The van der Waals surface area contributed by atoms with Crippen molar-refractivity contribution in [2.45, 2.75) is 58.3 Å². The van der Waals surface area contributed by atoms with E-state index in [1.165, 1.54) is 12.8 Å². The third kappa shape index (κ3) is 4.22. The van der Waals surface area contributed by atoms with E-state index < -0.39 is 5.97 Å². The van der Waals surface area contributed by atoms with Crippen LogP contribution in [0.3, 0.4) is 0 Å². The van der Waals surface area contributed by atoms with Crippen molar-refractivity contribution in [3.8, 4) is 0 Å². The standard InChI is InChI=1S/C15H25NO3/c1-11-7-12(11)10-16-13(17)8-15(9-14(18)19)5-3-2-4-6-15/h11-12H,2-10H2,1H3,(H,16,17)(H,18,19). The molecule has 2 rings (SSSR count). The van der Waals surface area contributed by atoms with Gasteiger partial charge < -0.3 is 10.4 Å². The fraction of sp³-hybridized carbons (Fsp3) is 0.867. The van der Waals surface area contributed by atoms with Crippen molar-refractivity contribution < 1.29 is 14.7 Å². The Bertz CT molecular complexity index is 347. The van der Waals surface area contributed by atoms with Crippen LogP contribution in [0.15, 0.2) is 0 Å². The number of carboxylic acid groups (broad SMARTS) is 1. The molecule has 0 saturated heterocycles. The molecule has 0 aromatic rings. The molecule has 19 heavy (non-hydrogen) atoms. The van der Waals surface area contributed by atoms with Gasteiger partial charge in [0.05, 0.1) is 6.42 Å². The first-order valence-electron chi connectivity index (χ1n) is 7.49. The average molecular weight is 267 g/mol. The second kappa shape index (κ2) is 5.93. The van der Waals surface area contributed by atoms with E-state index in [2.05, 4.69) is 12.2 Å². The number of aliphatic carboxylic acids is 1. The summed E-state index contributed by atoms with van der Waals surface area (Å²) in [5.74, 6) is 0.654. The first-order chi connectivity index (χ1) is 9.01. The van der Waals surface area contributed by atoms with Crippen molar-refractivity contribution in [1.82, 2.24) is 5.32 Å². The van der Waals surface area contributed by atoms with E-state index in [0.29, 0.717) is 12.3 Å². The van der Waals surface area contributed by atoms with Gasteiger partial charge in [0, 0.05) is 13.0 Å². The van der Waals surface area contributed by atoms with E-state index in [1.807, 2.05) is 0 Å². The maximum atomic E-state index is 12.0. The Morgan fingerprint density at radius 2 is 1.84 bits per heavy atom. The number of carbonyl (C=O) groups is 2. The van der Waals surface area contributed by atoms with Crippen molar-refractivity contribution in [3.63, 3.8) is 0 Å². The molecule has 108 valence electrons. The molecule has 2 saturated carbocycles. The third-order valence-electron chi connectivity index (χ3n) is 4.81. The highest BCUT2D eigenvalue weighted by Crippen LogP contribution is 2.42. The van der Waals surface area contributed by atoms with E-state index in [9.17, 15) is 9.59 Å². The molecule has 4 nitrogen and oxygen atoms in total. The molecule has 2 fully saturated rings. The molecule has 2 aliphatic rings. The molecule has 0 heterocycles. The Balaban J connectivity index is 1.83. The minimum absolute atomic E-state index is 0.0438. The number of rotatable bonds is 6. The van der Waals surface area contributed by atoms with E-state index in [1.54, 1.807) is 0 Å². The van der Waals surface area contributed by atoms with Crippen molar-refractivity contribution in [1.29, 1.82) is 0 Å². The summed E-state index contributed by atoms with van der Waals surface area (Å²) in [7, 11) is 0. The summed E-state index contributed by atoms with van der Waals surface area (Å²) in [6.45, 7) is 2.97. The summed E-state index contributed by atoms with van der Waals surface area (Å²) in [5, 5.41) is 12.1. The van der Waals surface area contributed by atoms with Crippen LogP contribution in [0.5, 0.6) is 0 Å². The SMILES string of the molecule is CC1CC1CNC(=O)CC1(CC(=O)O)CCCCC1. The summed E-state index contributed by atoms with van der Waals surface area (Å²) in [6.07, 6.45) is 6.78. The van der Waals surface area contributed by atoms with Gasteiger partial charge in [-0.15, -0.1) is 0 Å². The molecular weight excluding hydrogens is 242 g/mol. The normalized spacial score (nSPS) is 28.7. The van der Waals surface area contributed by atoms with Crippen LogP contribution in [-0.2, 0) is 9.59 Å². The van der Waals surface area contributed by atoms with Crippen molar-refractivity contribution in [2.75, 3.05) is 6.54 Å². The molecule has 0 aromatic carbocycles. The first-order valence-corrected chi connectivity index (χ1v) is 7.49. The van der Waals surface area contributed by atoms with E-state index >= 15 is 0 Å². The number of hydrogen-bond acceptors (Lipinski definition) is 2. The predicted octanol–water partition coefficient (Wildman–Crippen LogP) is 2.57. The van der Waals surface area contributed by atoms with E-state index in [4.69, 9.17) is 5.11 Å². The van der Waals surface area contributed by atoms with Gasteiger partial charge in [0.2, 0.25) is 5.91 Å². The molecule has 0 bridgehead atoms. The number of carboxylic acids is 1. The molecule has 0 radical (unpaired) electrons.